The second-order valence-corrected chi connectivity index (χ2v) is 5.08. The molecule has 112 valence electrons. The second kappa shape index (κ2) is 7.55. The van der Waals surface area contributed by atoms with Crippen LogP contribution in [0.25, 0.3) is 0 Å². The lowest BCUT2D eigenvalue weighted by Crippen LogP contribution is -2.28. The molecular formula is C15H21F2NO2. The Morgan fingerprint density at radius 1 is 1.20 bits per heavy atom. The van der Waals surface area contributed by atoms with E-state index in [2.05, 4.69) is 12.2 Å². The van der Waals surface area contributed by atoms with Crippen molar-refractivity contribution in [2.75, 3.05) is 19.7 Å². The zero-order chi connectivity index (χ0) is 14.4. The monoisotopic (exact) mass is 285 g/mol. The minimum absolute atomic E-state index is 0.00486. The second-order valence-electron chi connectivity index (χ2n) is 5.08. The zero-order valence-corrected chi connectivity index (χ0v) is 11.7. The Kier molecular flexibility index (Phi) is 5.73. The van der Waals surface area contributed by atoms with Crippen LogP contribution in [-0.2, 0) is 4.74 Å². The van der Waals surface area contributed by atoms with Gasteiger partial charge in [-0.2, -0.15) is 0 Å². The maximum absolute atomic E-state index is 13.0. The highest BCUT2D eigenvalue weighted by atomic mass is 19.1. The first-order valence-corrected chi connectivity index (χ1v) is 7.12. The zero-order valence-electron chi connectivity index (χ0n) is 11.7. The molecule has 1 saturated heterocycles. The Morgan fingerprint density at radius 3 is 2.60 bits per heavy atom. The first kappa shape index (κ1) is 15.2. The van der Waals surface area contributed by atoms with Crippen molar-refractivity contribution in [1.82, 2.24) is 5.32 Å². The Hall–Kier alpha value is -1.20. The van der Waals surface area contributed by atoms with E-state index in [4.69, 9.17) is 9.47 Å². The van der Waals surface area contributed by atoms with Gasteiger partial charge < -0.3 is 14.8 Å². The molecule has 2 atom stereocenters. The predicted molar refractivity (Wildman–Crippen MR) is 72.9 cm³/mol. The highest BCUT2D eigenvalue weighted by molar-refractivity contribution is 5.23. The van der Waals surface area contributed by atoms with E-state index in [0.29, 0.717) is 6.61 Å². The van der Waals surface area contributed by atoms with Crippen LogP contribution >= 0.6 is 0 Å². The van der Waals surface area contributed by atoms with E-state index in [1.165, 1.54) is 12.1 Å². The van der Waals surface area contributed by atoms with Crippen LogP contribution in [0.5, 0.6) is 5.75 Å². The maximum Gasteiger partial charge on any atom is 0.129 e. The normalized spacial score (nSPS) is 22.1. The van der Waals surface area contributed by atoms with Crippen molar-refractivity contribution >= 4 is 0 Å². The first-order chi connectivity index (χ1) is 9.67. The topological polar surface area (TPSA) is 30.5 Å². The van der Waals surface area contributed by atoms with Gasteiger partial charge in [-0.15, -0.1) is 0 Å². The van der Waals surface area contributed by atoms with Crippen molar-refractivity contribution in [2.24, 2.45) is 0 Å². The van der Waals surface area contributed by atoms with Crippen molar-refractivity contribution < 1.29 is 18.3 Å². The van der Waals surface area contributed by atoms with Crippen LogP contribution in [0, 0.1) is 11.6 Å². The van der Waals surface area contributed by atoms with Gasteiger partial charge in [-0.05, 0) is 25.8 Å². The molecule has 0 aliphatic carbocycles. The standard InChI is InChI=1S/C15H21F2NO2/c1-2-5-18-9-13-3-4-14(20-13)10-19-15-7-11(16)6-12(17)8-15/h6-8,13-14,18H,2-5,9-10H2,1H3. The van der Waals surface area contributed by atoms with Gasteiger partial charge in [-0.3, -0.25) is 0 Å². The summed E-state index contributed by atoms with van der Waals surface area (Å²) in [5.41, 5.74) is 0. The summed E-state index contributed by atoms with van der Waals surface area (Å²) in [6.07, 6.45) is 3.21. The SMILES string of the molecule is CCCNCC1CCC(COc2cc(F)cc(F)c2)O1. The number of hydrogen-bond acceptors (Lipinski definition) is 3. The Bertz CT molecular complexity index is 408. The molecule has 1 aromatic rings. The third kappa shape index (κ3) is 4.72. The minimum Gasteiger partial charge on any atom is -0.491 e. The molecule has 0 bridgehead atoms. The van der Waals surface area contributed by atoms with Crippen LogP contribution in [-0.4, -0.2) is 31.9 Å². The van der Waals surface area contributed by atoms with E-state index in [1.54, 1.807) is 0 Å². The molecule has 1 aromatic carbocycles. The lowest BCUT2D eigenvalue weighted by Gasteiger charge is -2.15. The summed E-state index contributed by atoms with van der Waals surface area (Å²) in [7, 11) is 0. The van der Waals surface area contributed by atoms with Crippen LogP contribution in [0.4, 0.5) is 8.78 Å². The summed E-state index contributed by atoms with van der Waals surface area (Å²) in [4.78, 5) is 0. The predicted octanol–water partition coefficient (Wildman–Crippen LogP) is 2.89. The Labute approximate surface area is 118 Å². The van der Waals surface area contributed by atoms with Crippen molar-refractivity contribution in [3.8, 4) is 5.75 Å². The number of halogens is 2. The van der Waals surface area contributed by atoms with Crippen LogP contribution < -0.4 is 10.1 Å². The van der Waals surface area contributed by atoms with Crippen LogP contribution in [0.15, 0.2) is 18.2 Å². The molecule has 1 fully saturated rings. The molecule has 0 saturated carbocycles. The van der Waals surface area contributed by atoms with Gasteiger partial charge in [0.05, 0.1) is 12.2 Å². The fourth-order valence-corrected chi connectivity index (χ4v) is 2.29. The summed E-state index contributed by atoms with van der Waals surface area (Å²) in [6, 6.07) is 3.19. The first-order valence-electron chi connectivity index (χ1n) is 7.12. The highest BCUT2D eigenvalue weighted by Gasteiger charge is 2.25. The fourth-order valence-electron chi connectivity index (χ4n) is 2.29. The molecule has 0 amide bonds. The van der Waals surface area contributed by atoms with Gasteiger partial charge in [0.15, 0.2) is 0 Å². The van der Waals surface area contributed by atoms with Gasteiger partial charge in [0.1, 0.15) is 24.0 Å². The Balaban J connectivity index is 1.72. The van der Waals surface area contributed by atoms with E-state index in [9.17, 15) is 8.78 Å². The average molecular weight is 285 g/mol. The summed E-state index contributed by atoms with van der Waals surface area (Å²) < 4.78 is 37.2. The number of rotatable bonds is 7. The summed E-state index contributed by atoms with van der Waals surface area (Å²) in [5, 5.41) is 3.32. The molecule has 1 N–H and O–H groups in total. The van der Waals surface area contributed by atoms with Crippen molar-refractivity contribution in [1.29, 1.82) is 0 Å². The third-order valence-corrected chi connectivity index (χ3v) is 3.27. The average Bonchev–Trinajstić information content (AvgIpc) is 2.84. The molecule has 2 rings (SSSR count). The summed E-state index contributed by atoms with van der Waals surface area (Å²) in [6.45, 7) is 4.28. The smallest absolute Gasteiger partial charge is 0.129 e. The molecule has 0 spiro atoms. The van der Waals surface area contributed by atoms with Crippen LogP contribution in [0.3, 0.4) is 0 Å². The van der Waals surface area contributed by atoms with E-state index in [0.717, 1.165) is 38.4 Å². The van der Waals surface area contributed by atoms with Gasteiger partial charge in [-0.25, -0.2) is 8.78 Å². The fraction of sp³-hybridized carbons (Fsp3) is 0.600. The van der Waals surface area contributed by atoms with Crippen molar-refractivity contribution in [2.45, 2.75) is 38.4 Å². The molecule has 0 aromatic heterocycles. The lowest BCUT2D eigenvalue weighted by molar-refractivity contribution is 0.0185. The Morgan fingerprint density at radius 2 is 1.90 bits per heavy atom. The highest BCUT2D eigenvalue weighted by Crippen LogP contribution is 2.21. The quantitative estimate of drug-likeness (QED) is 0.781. The molecule has 5 heteroatoms. The molecule has 2 unspecified atom stereocenters. The number of benzene rings is 1. The van der Waals surface area contributed by atoms with Crippen LogP contribution in [0.2, 0.25) is 0 Å². The van der Waals surface area contributed by atoms with Gasteiger partial charge in [0, 0.05) is 24.7 Å². The largest absolute Gasteiger partial charge is 0.491 e. The van der Waals surface area contributed by atoms with Crippen LogP contribution in [0.1, 0.15) is 26.2 Å². The van der Waals surface area contributed by atoms with Gasteiger partial charge in [-0.1, -0.05) is 6.92 Å². The van der Waals surface area contributed by atoms with E-state index in [1.807, 2.05) is 0 Å². The maximum atomic E-state index is 13.0. The van der Waals surface area contributed by atoms with Crippen molar-refractivity contribution in [3.05, 3.63) is 29.8 Å². The molecule has 20 heavy (non-hydrogen) atoms. The van der Waals surface area contributed by atoms with Gasteiger partial charge in [0.25, 0.3) is 0 Å². The number of nitrogens with one attached hydrogen (secondary N) is 1. The number of hydrogen-bond donors (Lipinski definition) is 1. The molecule has 1 aliphatic rings. The van der Waals surface area contributed by atoms with Gasteiger partial charge in [0.2, 0.25) is 0 Å². The summed E-state index contributed by atoms with van der Waals surface area (Å²) >= 11 is 0. The van der Waals surface area contributed by atoms with E-state index >= 15 is 0 Å². The molecule has 0 radical (unpaired) electrons. The van der Waals surface area contributed by atoms with E-state index in [-0.39, 0.29) is 18.0 Å². The molecule has 1 aliphatic heterocycles. The van der Waals surface area contributed by atoms with Gasteiger partial charge >= 0.3 is 0 Å². The number of ether oxygens (including phenoxy) is 2. The molecule has 3 nitrogen and oxygen atoms in total. The molecular weight excluding hydrogens is 264 g/mol. The summed E-state index contributed by atoms with van der Waals surface area (Å²) in [5.74, 6) is -1.05. The lowest BCUT2D eigenvalue weighted by atomic mass is 10.2. The van der Waals surface area contributed by atoms with Crippen molar-refractivity contribution in [3.63, 3.8) is 0 Å². The minimum atomic E-state index is -0.631. The van der Waals surface area contributed by atoms with E-state index < -0.39 is 11.6 Å². The third-order valence-electron chi connectivity index (χ3n) is 3.27. The molecule has 1 heterocycles.